The zero-order valence-corrected chi connectivity index (χ0v) is 16.3. The normalized spacial score (nSPS) is 29.0. The summed E-state index contributed by atoms with van der Waals surface area (Å²) < 4.78 is 6.43. The summed E-state index contributed by atoms with van der Waals surface area (Å²) in [5.41, 5.74) is -0.279. The fourth-order valence-electron chi connectivity index (χ4n) is 3.04. The van der Waals surface area contributed by atoms with Gasteiger partial charge in [0.1, 0.15) is 6.29 Å². The first-order chi connectivity index (χ1) is 9.92. The van der Waals surface area contributed by atoms with Crippen molar-refractivity contribution in [3.05, 3.63) is 12.2 Å². The molecule has 0 spiro atoms. The molecule has 1 aliphatic rings. The van der Waals surface area contributed by atoms with Crippen LogP contribution in [0.4, 0.5) is 0 Å². The molecule has 0 radical (unpaired) electrons. The van der Waals surface area contributed by atoms with Crippen LogP contribution in [0.5, 0.6) is 0 Å². The number of carbonyl (C=O) groups excluding carboxylic acids is 1. The van der Waals surface area contributed by atoms with Crippen LogP contribution in [-0.2, 0) is 9.22 Å². The summed E-state index contributed by atoms with van der Waals surface area (Å²) in [5.74, 6) is 0. The highest BCUT2D eigenvalue weighted by Gasteiger charge is 2.58. The van der Waals surface area contributed by atoms with E-state index in [1.54, 1.807) is 0 Å². The summed E-state index contributed by atoms with van der Waals surface area (Å²) in [6.07, 6.45) is 4.84. The lowest BCUT2D eigenvalue weighted by Gasteiger charge is -2.58. The first kappa shape index (κ1) is 19.6. The summed E-state index contributed by atoms with van der Waals surface area (Å²) in [7, 11) is -1.85. The zero-order chi connectivity index (χ0) is 17.2. The average Bonchev–Trinajstić information content (AvgIpc) is 2.38. The molecular weight excluding hydrogens is 292 g/mol. The Morgan fingerprint density at radius 1 is 1.36 bits per heavy atom. The third kappa shape index (κ3) is 3.55. The molecule has 0 amide bonds. The van der Waals surface area contributed by atoms with Crippen molar-refractivity contribution in [1.29, 1.82) is 0 Å². The van der Waals surface area contributed by atoms with Crippen molar-refractivity contribution in [1.82, 2.24) is 0 Å². The Bertz CT molecular complexity index is 425. The summed E-state index contributed by atoms with van der Waals surface area (Å²) in [5, 5.41) is 11.2. The Hall–Kier alpha value is -0.453. The molecule has 22 heavy (non-hydrogen) atoms. The molecule has 1 aliphatic carbocycles. The van der Waals surface area contributed by atoms with Gasteiger partial charge in [-0.1, -0.05) is 27.4 Å². The highest BCUT2D eigenvalue weighted by Crippen LogP contribution is 2.57. The van der Waals surface area contributed by atoms with E-state index in [-0.39, 0.29) is 10.5 Å². The molecule has 0 aromatic carbocycles. The van der Waals surface area contributed by atoms with Crippen LogP contribution in [0.1, 0.15) is 59.8 Å². The lowest BCUT2D eigenvalue weighted by molar-refractivity contribution is -0.163. The summed E-state index contributed by atoms with van der Waals surface area (Å²) in [6.45, 7) is 17.6. The quantitative estimate of drug-likeness (QED) is 0.310. The lowest BCUT2D eigenvalue weighted by atomic mass is 9.53. The second-order valence-electron chi connectivity index (χ2n) is 8.53. The van der Waals surface area contributed by atoms with Crippen molar-refractivity contribution in [2.24, 2.45) is 5.41 Å². The van der Waals surface area contributed by atoms with Crippen LogP contribution in [0, 0.1) is 5.41 Å². The predicted molar refractivity (Wildman–Crippen MR) is 94.5 cm³/mol. The molecule has 1 rings (SSSR count). The van der Waals surface area contributed by atoms with Gasteiger partial charge in [-0.3, -0.25) is 0 Å². The van der Waals surface area contributed by atoms with Crippen molar-refractivity contribution in [3.63, 3.8) is 0 Å². The molecule has 3 nitrogen and oxygen atoms in total. The maximum absolute atomic E-state index is 11.0. The second-order valence-corrected chi connectivity index (χ2v) is 13.3. The van der Waals surface area contributed by atoms with E-state index >= 15 is 0 Å². The van der Waals surface area contributed by atoms with E-state index in [9.17, 15) is 9.90 Å². The number of hydrogen-bond acceptors (Lipinski definition) is 3. The van der Waals surface area contributed by atoms with Gasteiger partial charge in [-0.05, 0) is 56.3 Å². The van der Waals surface area contributed by atoms with Crippen LogP contribution in [0.15, 0.2) is 12.2 Å². The molecule has 0 heterocycles. The van der Waals surface area contributed by atoms with Crippen LogP contribution in [0.2, 0.25) is 18.1 Å². The minimum atomic E-state index is -1.85. The number of rotatable bonds is 8. The topological polar surface area (TPSA) is 46.5 Å². The SMILES string of the molecule is C=C(C)[C@@]1(O)CC[C@@]1(CCCC=O)CO[Si](C)(C)C(C)(C)C. The van der Waals surface area contributed by atoms with Crippen molar-refractivity contribution < 1.29 is 14.3 Å². The van der Waals surface area contributed by atoms with Crippen LogP contribution in [0.25, 0.3) is 0 Å². The Kier molecular flexibility index (Phi) is 5.86. The fraction of sp³-hybridized carbons (Fsp3) is 0.833. The molecular formula is C18H34O3Si. The minimum Gasteiger partial charge on any atom is -0.416 e. The molecule has 0 aromatic rings. The fourth-order valence-corrected chi connectivity index (χ4v) is 4.11. The van der Waals surface area contributed by atoms with Crippen LogP contribution in [0.3, 0.4) is 0 Å². The molecule has 0 bridgehead atoms. The maximum atomic E-state index is 11.0. The second kappa shape index (κ2) is 6.58. The first-order valence-electron chi connectivity index (χ1n) is 8.38. The Morgan fingerprint density at radius 2 is 1.95 bits per heavy atom. The molecule has 1 fully saturated rings. The first-order valence-corrected chi connectivity index (χ1v) is 11.3. The summed E-state index contributed by atoms with van der Waals surface area (Å²) in [4.78, 5) is 10.6. The van der Waals surface area contributed by atoms with Gasteiger partial charge >= 0.3 is 0 Å². The predicted octanol–water partition coefficient (Wildman–Crippen LogP) is 4.46. The van der Waals surface area contributed by atoms with E-state index in [2.05, 4.69) is 40.4 Å². The number of aldehydes is 1. The number of unbranched alkanes of at least 4 members (excludes halogenated alkanes) is 1. The minimum absolute atomic E-state index is 0.155. The molecule has 0 unspecified atom stereocenters. The van der Waals surface area contributed by atoms with Crippen molar-refractivity contribution in [2.75, 3.05) is 6.61 Å². The summed E-state index contributed by atoms with van der Waals surface area (Å²) in [6, 6.07) is 0. The Morgan fingerprint density at radius 3 is 2.32 bits per heavy atom. The maximum Gasteiger partial charge on any atom is 0.192 e. The van der Waals surface area contributed by atoms with Gasteiger partial charge in [0.05, 0.1) is 5.60 Å². The van der Waals surface area contributed by atoms with Gasteiger partial charge in [-0.15, -0.1) is 0 Å². The smallest absolute Gasteiger partial charge is 0.192 e. The van der Waals surface area contributed by atoms with E-state index in [0.717, 1.165) is 37.5 Å². The van der Waals surface area contributed by atoms with Crippen LogP contribution < -0.4 is 0 Å². The standard InChI is InChI=1S/C18H34O3Si/c1-15(2)18(20)12-11-17(18,10-8-9-13-19)14-21-22(6,7)16(3,4)5/h13,20H,1,8-12,14H2,2-7H3/t17-,18-/m0/s1. The number of hydrogen-bond donors (Lipinski definition) is 1. The van der Waals surface area contributed by atoms with Gasteiger partial charge in [0, 0.05) is 18.4 Å². The third-order valence-corrected chi connectivity index (χ3v) is 10.5. The van der Waals surface area contributed by atoms with E-state index in [1.165, 1.54) is 0 Å². The van der Waals surface area contributed by atoms with Gasteiger partial charge in [0.2, 0.25) is 0 Å². The van der Waals surface area contributed by atoms with Gasteiger partial charge in [0.25, 0.3) is 0 Å². The number of aliphatic hydroxyl groups is 1. The van der Waals surface area contributed by atoms with Crippen LogP contribution in [-0.4, -0.2) is 31.9 Å². The molecule has 0 aromatic heterocycles. The van der Waals surface area contributed by atoms with Crippen molar-refractivity contribution >= 4 is 14.6 Å². The molecule has 1 N–H and O–H groups in total. The molecule has 0 saturated heterocycles. The zero-order valence-electron chi connectivity index (χ0n) is 15.3. The van der Waals surface area contributed by atoms with E-state index in [1.807, 2.05) is 6.92 Å². The lowest BCUT2D eigenvalue weighted by Crippen LogP contribution is -2.61. The molecule has 1 saturated carbocycles. The Labute approximate surface area is 137 Å². The molecule has 4 heteroatoms. The molecule has 0 aliphatic heterocycles. The van der Waals surface area contributed by atoms with E-state index < -0.39 is 13.9 Å². The third-order valence-electron chi connectivity index (χ3n) is 6.04. The molecule has 128 valence electrons. The largest absolute Gasteiger partial charge is 0.416 e. The average molecular weight is 327 g/mol. The van der Waals surface area contributed by atoms with Crippen molar-refractivity contribution in [3.8, 4) is 0 Å². The monoisotopic (exact) mass is 326 g/mol. The van der Waals surface area contributed by atoms with Gasteiger partial charge < -0.3 is 14.3 Å². The van der Waals surface area contributed by atoms with Crippen molar-refractivity contribution in [2.45, 2.75) is 83.5 Å². The van der Waals surface area contributed by atoms with Gasteiger partial charge in [0.15, 0.2) is 8.32 Å². The van der Waals surface area contributed by atoms with E-state index in [0.29, 0.717) is 13.0 Å². The van der Waals surface area contributed by atoms with Gasteiger partial charge in [-0.2, -0.15) is 0 Å². The highest BCUT2D eigenvalue weighted by atomic mass is 28.4. The van der Waals surface area contributed by atoms with E-state index in [4.69, 9.17) is 4.43 Å². The Balaban J connectivity index is 2.89. The molecule has 2 atom stereocenters. The van der Waals surface area contributed by atoms with Gasteiger partial charge in [-0.25, -0.2) is 0 Å². The number of carbonyl (C=O) groups is 1. The van der Waals surface area contributed by atoms with Crippen LogP contribution >= 0.6 is 0 Å². The highest BCUT2D eigenvalue weighted by molar-refractivity contribution is 6.74. The summed E-state index contributed by atoms with van der Waals surface area (Å²) >= 11 is 0.